The quantitative estimate of drug-likeness (QED) is 0.385. The number of amides is 1. The molecule has 0 spiro atoms. The van der Waals surface area contributed by atoms with Crippen molar-refractivity contribution in [3.05, 3.63) is 92.6 Å². The molecule has 3 aromatic rings. The number of rotatable bonds is 6. The molecule has 0 aliphatic carbocycles. The van der Waals surface area contributed by atoms with Gasteiger partial charge in [-0.25, -0.2) is 9.38 Å². The fourth-order valence-electron chi connectivity index (χ4n) is 2.99. The minimum Gasteiger partial charge on any atom is -0.493 e. The van der Waals surface area contributed by atoms with Crippen LogP contribution >= 0.6 is 35.0 Å². The highest BCUT2D eigenvalue weighted by Gasteiger charge is 2.24. The lowest BCUT2D eigenvalue weighted by atomic mass is 10.1. The first-order valence-electron chi connectivity index (χ1n) is 9.72. The molecule has 4 rings (SSSR count). The van der Waals surface area contributed by atoms with Crippen LogP contribution < -0.4 is 14.8 Å². The van der Waals surface area contributed by atoms with Crippen LogP contribution in [0.5, 0.6) is 11.5 Å². The molecule has 0 radical (unpaired) electrons. The van der Waals surface area contributed by atoms with Gasteiger partial charge in [0.15, 0.2) is 16.7 Å². The smallest absolute Gasteiger partial charge is 0.264 e. The molecule has 1 fully saturated rings. The van der Waals surface area contributed by atoms with Gasteiger partial charge in [-0.15, -0.1) is 0 Å². The van der Waals surface area contributed by atoms with E-state index >= 15 is 0 Å². The van der Waals surface area contributed by atoms with Crippen molar-refractivity contribution in [2.24, 2.45) is 4.99 Å². The molecule has 3 aromatic carbocycles. The summed E-state index contributed by atoms with van der Waals surface area (Å²) in [6.07, 6.45) is 1.68. The zero-order chi connectivity index (χ0) is 23.4. The van der Waals surface area contributed by atoms with E-state index in [1.54, 1.807) is 24.3 Å². The van der Waals surface area contributed by atoms with Crippen molar-refractivity contribution in [1.29, 1.82) is 0 Å². The monoisotopic (exact) mass is 502 g/mol. The molecule has 33 heavy (non-hydrogen) atoms. The second kappa shape index (κ2) is 10.3. The highest BCUT2D eigenvalue weighted by molar-refractivity contribution is 8.18. The third kappa shape index (κ3) is 5.68. The van der Waals surface area contributed by atoms with Gasteiger partial charge in [0.2, 0.25) is 0 Å². The van der Waals surface area contributed by atoms with E-state index in [1.807, 2.05) is 18.2 Å². The maximum absolute atomic E-state index is 13.1. The number of aliphatic imine (C=N–C) groups is 1. The number of hydrogen-bond donors (Lipinski definition) is 1. The number of carbonyl (C=O) groups is 1. The highest BCUT2D eigenvalue weighted by Crippen LogP contribution is 2.39. The first kappa shape index (κ1) is 23.2. The van der Waals surface area contributed by atoms with Crippen molar-refractivity contribution in [3.63, 3.8) is 0 Å². The Balaban J connectivity index is 1.54. The molecule has 168 valence electrons. The van der Waals surface area contributed by atoms with Crippen molar-refractivity contribution in [2.75, 3.05) is 7.11 Å². The lowest BCUT2D eigenvalue weighted by Gasteiger charge is -2.14. The summed E-state index contributed by atoms with van der Waals surface area (Å²) in [6, 6.07) is 16.4. The number of nitrogens with one attached hydrogen (secondary N) is 1. The molecule has 0 atom stereocenters. The van der Waals surface area contributed by atoms with Gasteiger partial charge >= 0.3 is 0 Å². The maximum atomic E-state index is 13.1. The lowest BCUT2D eigenvalue weighted by Crippen LogP contribution is -2.19. The number of halogens is 3. The van der Waals surface area contributed by atoms with Crippen molar-refractivity contribution in [3.8, 4) is 11.5 Å². The number of thioether (sulfide) groups is 1. The minimum absolute atomic E-state index is 0.220. The van der Waals surface area contributed by atoms with Gasteiger partial charge in [0.05, 0.1) is 22.7 Å². The van der Waals surface area contributed by atoms with Crippen molar-refractivity contribution < 1.29 is 18.7 Å². The zero-order valence-electron chi connectivity index (χ0n) is 17.3. The summed E-state index contributed by atoms with van der Waals surface area (Å²) < 4.78 is 24.4. The Morgan fingerprint density at radius 3 is 2.58 bits per heavy atom. The Hall–Kier alpha value is -3.00. The maximum Gasteiger partial charge on any atom is 0.264 e. The molecule has 0 saturated carbocycles. The third-order valence-corrected chi connectivity index (χ3v) is 6.15. The van der Waals surface area contributed by atoms with Crippen molar-refractivity contribution in [1.82, 2.24) is 5.32 Å². The van der Waals surface area contributed by atoms with Gasteiger partial charge in [0.1, 0.15) is 12.4 Å². The Bertz CT molecular complexity index is 1260. The molecule has 1 heterocycles. The van der Waals surface area contributed by atoms with Crippen molar-refractivity contribution >= 4 is 57.8 Å². The van der Waals surface area contributed by atoms with Crippen LogP contribution in [0.3, 0.4) is 0 Å². The Kier molecular flexibility index (Phi) is 7.23. The van der Waals surface area contributed by atoms with E-state index < -0.39 is 0 Å². The third-order valence-electron chi connectivity index (χ3n) is 4.59. The Morgan fingerprint density at radius 1 is 1.09 bits per heavy atom. The van der Waals surface area contributed by atoms with Gasteiger partial charge in [-0.2, -0.15) is 0 Å². The number of nitrogens with zero attached hydrogens (tertiary/aromatic N) is 1. The SMILES string of the molecule is COc1cc(/C=C2/SC(=Nc3ccc(F)cc3)NC2=O)cc(Cl)c1OCc1ccccc1Cl. The van der Waals surface area contributed by atoms with Crippen LogP contribution in [0.15, 0.2) is 70.6 Å². The van der Waals surface area contributed by atoms with E-state index in [2.05, 4.69) is 10.3 Å². The largest absolute Gasteiger partial charge is 0.493 e. The summed E-state index contributed by atoms with van der Waals surface area (Å²) >= 11 is 13.8. The van der Waals surface area contributed by atoms with Crippen LogP contribution in [0, 0.1) is 5.82 Å². The summed E-state index contributed by atoms with van der Waals surface area (Å²) in [6.45, 7) is 0.220. The molecular formula is C24H17Cl2FN2O3S. The van der Waals surface area contributed by atoms with Gasteiger partial charge < -0.3 is 14.8 Å². The molecular weight excluding hydrogens is 486 g/mol. The number of amidine groups is 1. The number of carbonyl (C=O) groups excluding carboxylic acids is 1. The molecule has 0 aromatic heterocycles. The van der Waals surface area contributed by atoms with E-state index in [4.69, 9.17) is 32.7 Å². The molecule has 1 amide bonds. The van der Waals surface area contributed by atoms with E-state index in [0.717, 1.165) is 5.56 Å². The van der Waals surface area contributed by atoms with Gasteiger partial charge in [-0.1, -0.05) is 41.4 Å². The summed E-state index contributed by atoms with van der Waals surface area (Å²) in [5.74, 6) is 0.149. The van der Waals surface area contributed by atoms with E-state index in [0.29, 0.717) is 42.9 Å². The van der Waals surface area contributed by atoms with Gasteiger partial charge in [0, 0.05) is 10.6 Å². The van der Waals surface area contributed by atoms with E-state index in [9.17, 15) is 9.18 Å². The number of hydrogen-bond acceptors (Lipinski definition) is 5. The predicted molar refractivity (Wildman–Crippen MR) is 131 cm³/mol. The second-order valence-electron chi connectivity index (χ2n) is 6.87. The van der Waals surface area contributed by atoms with Crippen LogP contribution in [0.25, 0.3) is 6.08 Å². The van der Waals surface area contributed by atoms with Gasteiger partial charge in [-0.3, -0.25) is 4.79 Å². The van der Waals surface area contributed by atoms with Gasteiger partial charge in [-0.05, 0) is 65.9 Å². The topological polar surface area (TPSA) is 59.9 Å². The van der Waals surface area contributed by atoms with E-state index in [1.165, 1.54) is 43.1 Å². The van der Waals surface area contributed by atoms with Gasteiger partial charge in [0.25, 0.3) is 5.91 Å². The molecule has 1 saturated heterocycles. The van der Waals surface area contributed by atoms with Crippen LogP contribution in [0.4, 0.5) is 10.1 Å². The fourth-order valence-corrected chi connectivity index (χ4v) is 4.30. The summed E-state index contributed by atoms with van der Waals surface area (Å²) in [5.41, 5.74) is 2.00. The van der Waals surface area contributed by atoms with Crippen LogP contribution in [0.1, 0.15) is 11.1 Å². The number of ether oxygens (including phenoxy) is 2. The lowest BCUT2D eigenvalue weighted by molar-refractivity contribution is -0.115. The standard InChI is InChI=1S/C24H17Cl2FN2O3S/c1-31-20-11-14(10-19(26)22(20)32-13-15-4-2-3-5-18(15)25)12-21-23(30)29-24(33-21)28-17-8-6-16(27)7-9-17/h2-12H,13H2,1H3,(H,28,29,30)/b21-12+. The summed E-state index contributed by atoms with van der Waals surface area (Å²) in [7, 11) is 1.51. The molecule has 1 N–H and O–H groups in total. The molecule has 0 bridgehead atoms. The molecule has 1 aliphatic rings. The van der Waals surface area contributed by atoms with Crippen LogP contribution in [0.2, 0.25) is 10.0 Å². The Labute approximate surface area is 204 Å². The fraction of sp³-hybridized carbons (Fsp3) is 0.0833. The van der Waals surface area contributed by atoms with Crippen LogP contribution in [-0.4, -0.2) is 18.2 Å². The first-order chi connectivity index (χ1) is 15.9. The first-order valence-corrected chi connectivity index (χ1v) is 11.3. The average Bonchev–Trinajstić information content (AvgIpc) is 3.13. The summed E-state index contributed by atoms with van der Waals surface area (Å²) in [5, 5.41) is 4.02. The zero-order valence-corrected chi connectivity index (χ0v) is 19.6. The van der Waals surface area contributed by atoms with Crippen LogP contribution in [-0.2, 0) is 11.4 Å². The number of benzene rings is 3. The average molecular weight is 503 g/mol. The Morgan fingerprint density at radius 2 is 1.85 bits per heavy atom. The molecule has 1 aliphatic heterocycles. The number of methoxy groups -OCH3 is 1. The molecule has 5 nitrogen and oxygen atoms in total. The summed E-state index contributed by atoms with van der Waals surface area (Å²) in [4.78, 5) is 17.1. The minimum atomic E-state index is -0.354. The molecule has 0 unspecified atom stereocenters. The highest BCUT2D eigenvalue weighted by atomic mass is 35.5. The molecule has 9 heteroatoms. The normalized spacial score (nSPS) is 15.7. The predicted octanol–water partition coefficient (Wildman–Crippen LogP) is 6.61. The van der Waals surface area contributed by atoms with Crippen molar-refractivity contribution in [2.45, 2.75) is 6.61 Å². The second-order valence-corrected chi connectivity index (χ2v) is 8.72. The van der Waals surface area contributed by atoms with E-state index in [-0.39, 0.29) is 18.3 Å².